The number of likely N-dealkylation sites (tertiary alicyclic amines) is 2. The molecule has 2 aliphatic heterocycles. The Kier molecular flexibility index (Phi) is 5.44. The molecular formula is C25H28N6O2. The normalized spacial score (nSPS) is 22.6. The largest absolute Gasteiger partial charge is 0.338 e. The number of rotatable bonds is 5. The van der Waals surface area contributed by atoms with Crippen LogP contribution in [0.4, 0.5) is 0 Å². The molecular weight excluding hydrogens is 416 g/mol. The Morgan fingerprint density at radius 1 is 1.12 bits per heavy atom. The summed E-state index contributed by atoms with van der Waals surface area (Å²) in [5.74, 6) is -0.102. The predicted octanol–water partition coefficient (Wildman–Crippen LogP) is 2.91. The summed E-state index contributed by atoms with van der Waals surface area (Å²) in [5.41, 5.74) is 1.87. The molecule has 8 heteroatoms. The van der Waals surface area contributed by atoms with Crippen LogP contribution in [0.15, 0.2) is 61.6 Å². The molecule has 2 saturated heterocycles. The number of carbonyl (C=O) groups excluding carboxylic acids is 2. The maximum atomic E-state index is 13.9. The molecule has 1 spiro atoms. The van der Waals surface area contributed by atoms with Gasteiger partial charge in [-0.2, -0.15) is 0 Å². The van der Waals surface area contributed by atoms with E-state index in [1.54, 1.807) is 36.9 Å². The van der Waals surface area contributed by atoms with Crippen molar-refractivity contribution in [1.82, 2.24) is 29.3 Å². The van der Waals surface area contributed by atoms with Crippen LogP contribution in [0.2, 0.25) is 0 Å². The van der Waals surface area contributed by atoms with E-state index in [0.717, 1.165) is 11.3 Å². The smallest absolute Gasteiger partial charge is 0.254 e. The van der Waals surface area contributed by atoms with Crippen LogP contribution >= 0.6 is 0 Å². The molecule has 5 rings (SSSR count). The molecule has 0 aliphatic carbocycles. The summed E-state index contributed by atoms with van der Waals surface area (Å²) in [5, 5.41) is 0. The van der Waals surface area contributed by atoms with E-state index >= 15 is 0 Å². The van der Waals surface area contributed by atoms with Gasteiger partial charge in [0.05, 0.1) is 17.4 Å². The zero-order valence-electron chi connectivity index (χ0n) is 19.0. The molecule has 5 heterocycles. The number of hydrogen-bond acceptors (Lipinski definition) is 5. The second kappa shape index (κ2) is 8.42. The molecule has 0 bridgehead atoms. The molecule has 170 valence electrons. The van der Waals surface area contributed by atoms with Crippen molar-refractivity contribution in [3.05, 3.63) is 78.4 Å². The van der Waals surface area contributed by atoms with Crippen molar-refractivity contribution in [2.45, 2.75) is 38.8 Å². The first kappa shape index (κ1) is 21.3. The lowest BCUT2D eigenvalue weighted by molar-refractivity contribution is -0.136. The molecule has 2 unspecified atom stereocenters. The standard InChI is InChI=1S/C25H28N6O2/c1-18(2)31-15-22(28-17-31)21-14-30(23(32)20-5-10-27-11-6-20)16-25(21)7-12-29(24(25)33)13-19-3-8-26-9-4-19/h3-6,8-11,15,17-18,21H,7,12-14,16H2,1-2H3. The van der Waals surface area contributed by atoms with Crippen LogP contribution in [0.3, 0.4) is 0 Å². The Bertz CT molecular complexity index is 1150. The highest BCUT2D eigenvalue weighted by Gasteiger charge is 2.58. The number of amides is 2. The van der Waals surface area contributed by atoms with Crippen molar-refractivity contribution in [1.29, 1.82) is 0 Å². The van der Waals surface area contributed by atoms with Gasteiger partial charge in [-0.3, -0.25) is 19.6 Å². The highest BCUT2D eigenvalue weighted by molar-refractivity contribution is 5.96. The molecule has 2 aliphatic rings. The van der Waals surface area contributed by atoms with Crippen LogP contribution in [0, 0.1) is 5.41 Å². The maximum absolute atomic E-state index is 13.9. The van der Waals surface area contributed by atoms with Crippen LogP contribution in [0.1, 0.15) is 53.8 Å². The van der Waals surface area contributed by atoms with Crippen LogP contribution in [-0.2, 0) is 11.3 Å². The van der Waals surface area contributed by atoms with E-state index in [-0.39, 0.29) is 23.8 Å². The summed E-state index contributed by atoms with van der Waals surface area (Å²) in [6, 6.07) is 7.60. The number of imidazole rings is 1. The Morgan fingerprint density at radius 2 is 1.82 bits per heavy atom. The molecule has 2 atom stereocenters. The molecule has 3 aromatic heterocycles. The van der Waals surface area contributed by atoms with Gasteiger partial charge in [0, 0.05) is 74.7 Å². The Balaban J connectivity index is 1.47. The summed E-state index contributed by atoms with van der Waals surface area (Å²) in [6.45, 7) is 6.30. The molecule has 0 aromatic carbocycles. The fraction of sp³-hybridized carbons (Fsp3) is 0.400. The summed E-state index contributed by atoms with van der Waals surface area (Å²) >= 11 is 0. The topological polar surface area (TPSA) is 84.2 Å². The zero-order chi connectivity index (χ0) is 23.0. The molecule has 0 saturated carbocycles. The Morgan fingerprint density at radius 3 is 2.48 bits per heavy atom. The molecule has 3 aromatic rings. The first-order chi connectivity index (χ1) is 16.0. The van der Waals surface area contributed by atoms with Crippen molar-refractivity contribution in [2.24, 2.45) is 5.41 Å². The molecule has 8 nitrogen and oxygen atoms in total. The molecule has 2 amide bonds. The monoisotopic (exact) mass is 444 g/mol. The Labute approximate surface area is 193 Å². The maximum Gasteiger partial charge on any atom is 0.254 e. The van der Waals surface area contributed by atoms with Crippen LogP contribution in [0.5, 0.6) is 0 Å². The first-order valence-electron chi connectivity index (χ1n) is 11.4. The second-order valence-electron chi connectivity index (χ2n) is 9.30. The number of aromatic nitrogens is 4. The molecule has 33 heavy (non-hydrogen) atoms. The lowest BCUT2D eigenvalue weighted by Crippen LogP contribution is -2.40. The average Bonchev–Trinajstić information content (AvgIpc) is 3.55. The average molecular weight is 445 g/mol. The predicted molar refractivity (Wildman–Crippen MR) is 122 cm³/mol. The third-order valence-corrected chi connectivity index (χ3v) is 7.00. The summed E-state index contributed by atoms with van der Waals surface area (Å²) in [6.07, 6.45) is 11.3. The van der Waals surface area contributed by atoms with Crippen molar-refractivity contribution in [3.8, 4) is 0 Å². The van der Waals surface area contributed by atoms with Gasteiger partial charge in [0.1, 0.15) is 0 Å². The summed E-state index contributed by atoms with van der Waals surface area (Å²) in [7, 11) is 0. The fourth-order valence-corrected chi connectivity index (χ4v) is 5.12. The number of pyridine rings is 2. The lowest BCUT2D eigenvalue weighted by Gasteiger charge is -2.28. The minimum absolute atomic E-state index is 0.0667. The van der Waals surface area contributed by atoms with Gasteiger partial charge in [0.2, 0.25) is 5.91 Å². The van der Waals surface area contributed by atoms with Crippen molar-refractivity contribution < 1.29 is 9.59 Å². The number of nitrogens with zero attached hydrogens (tertiary/aromatic N) is 6. The van der Waals surface area contributed by atoms with Crippen molar-refractivity contribution in [3.63, 3.8) is 0 Å². The summed E-state index contributed by atoms with van der Waals surface area (Å²) < 4.78 is 2.06. The molecule has 0 radical (unpaired) electrons. The van der Waals surface area contributed by atoms with Gasteiger partial charge in [-0.1, -0.05) is 0 Å². The van der Waals surface area contributed by atoms with Gasteiger partial charge in [0.25, 0.3) is 5.91 Å². The summed E-state index contributed by atoms with van der Waals surface area (Å²) in [4.78, 5) is 43.7. The fourth-order valence-electron chi connectivity index (χ4n) is 5.12. The van der Waals surface area contributed by atoms with Crippen LogP contribution < -0.4 is 0 Å². The van der Waals surface area contributed by atoms with E-state index in [0.29, 0.717) is 38.2 Å². The quantitative estimate of drug-likeness (QED) is 0.604. The Hall–Kier alpha value is -3.55. The second-order valence-corrected chi connectivity index (χ2v) is 9.30. The zero-order valence-corrected chi connectivity index (χ0v) is 19.0. The van der Waals surface area contributed by atoms with Crippen molar-refractivity contribution >= 4 is 11.8 Å². The first-order valence-corrected chi connectivity index (χ1v) is 11.4. The highest BCUT2D eigenvalue weighted by atomic mass is 16.2. The van der Waals surface area contributed by atoms with E-state index < -0.39 is 5.41 Å². The third-order valence-electron chi connectivity index (χ3n) is 7.00. The van der Waals surface area contributed by atoms with E-state index in [1.165, 1.54) is 0 Å². The number of carbonyl (C=O) groups is 2. The van der Waals surface area contributed by atoms with E-state index in [2.05, 4.69) is 33.4 Å². The van der Waals surface area contributed by atoms with Gasteiger partial charge < -0.3 is 14.4 Å². The van der Waals surface area contributed by atoms with Gasteiger partial charge in [0.15, 0.2) is 0 Å². The minimum Gasteiger partial charge on any atom is -0.338 e. The van der Waals surface area contributed by atoms with Gasteiger partial charge in [-0.15, -0.1) is 0 Å². The molecule has 0 N–H and O–H groups in total. The van der Waals surface area contributed by atoms with E-state index in [9.17, 15) is 9.59 Å². The van der Waals surface area contributed by atoms with Gasteiger partial charge in [-0.25, -0.2) is 4.98 Å². The van der Waals surface area contributed by atoms with Gasteiger partial charge in [-0.05, 0) is 50.1 Å². The third kappa shape index (κ3) is 3.79. The van der Waals surface area contributed by atoms with Gasteiger partial charge >= 0.3 is 0 Å². The molecule has 2 fully saturated rings. The van der Waals surface area contributed by atoms with E-state index in [4.69, 9.17) is 0 Å². The van der Waals surface area contributed by atoms with E-state index in [1.807, 2.05) is 34.5 Å². The number of hydrogen-bond donors (Lipinski definition) is 0. The SMILES string of the molecule is CC(C)n1cnc(C2CN(C(=O)c3ccncc3)CC23CCN(Cc2ccncc2)C3=O)c1. The van der Waals surface area contributed by atoms with Crippen LogP contribution in [0.25, 0.3) is 0 Å². The minimum atomic E-state index is -0.661. The van der Waals surface area contributed by atoms with Crippen molar-refractivity contribution in [2.75, 3.05) is 19.6 Å². The lowest BCUT2D eigenvalue weighted by atomic mass is 9.75. The van der Waals surface area contributed by atoms with Crippen LogP contribution in [-0.4, -0.2) is 60.8 Å². The highest BCUT2D eigenvalue weighted by Crippen LogP contribution is 2.50.